The molecule has 0 spiro atoms. The molecule has 104 valence electrons. The highest BCUT2D eigenvalue weighted by Crippen LogP contribution is 2.14. The molecule has 0 atom stereocenters. The monoisotopic (exact) mass is 289 g/mol. The zero-order valence-electron chi connectivity index (χ0n) is 11.3. The van der Waals surface area contributed by atoms with Crippen LogP contribution in [-0.4, -0.2) is 22.1 Å². The van der Waals surface area contributed by atoms with Crippen molar-refractivity contribution in [3.63, 3.8) is 0 Å². The fraction of sp³-hybridized carbons (Fsp3) is 0.214. The Morgan fingerprint density at radius 3 is 2.85 bits per heavy atom. The molecule has 1 amide bonds. The van der Waals surface area contributed by atoms with Crippen LogP contribution in [0.25, 0.3) is 0 Å². The molecule has 0 unspecified atom stereocenters. The maximum absolute atomic E-state index is 12.1. The summed E-state index contributed by atoms with van der Waals surface area (Å²) in [5.74, 6) is 0.675. The van der Waals surface area contributed by atoms with Crippen molar-refractivity contribution in [3.8, 4) is 0 Å². The van der Waals surface area contributed by atoms with E-state index in [0.29, 0.717) is 17.3 Å². The number of anilines is 1. The summed E-state index contributed by atoms with van der Waals surface area (Å²) in [6.07, 6.45) is 1.90. The molecule has 1 aromatic carbocycles. The topological polar surface area (TPSA) is 74.8 Å². The van der Waals surface area contributed by atoms with Gasteiger partial charge in [0, 0.05) is 11.8 Å². The summed E-state index contributed by atoms with van der Waals surface area (Å²) in [4.78, 5) is 30.4. The molecule has 0 aliphatic heterocycles. The first kappa shape index (κ1) is 14.3. The molecule has 0 radical (unpaired) electrons. The van der Waals surface area contributed by atoms with Crippen LogP contribution >= 0.6 is 11.8 Å². The van der Waals surface area contributed by atoms with E-state index in [1.807, 2.05) is 37.4 Å². The van der Waals surface area contributed by atoms with E-state index in [-0.39, 0.29) is 17.2 Å². The van der Waals surface area contributed by atoms with E-state index in [4.69, 9.17) is 0 Å². The molecule has 5 nitrogen and oxygen atoms in total. The van der Waals surface area contributed by atoms with Crippen LogP contribution in [0.2, 0.25) is 0 Å². The van der Waals surface area contributed by atoms with Crippen molar-refractivity contribution in [1.29, 1.82) is 0 Å². The lowest BCUT2D eigenvalue weighted by molar-refractivity contribution is 0.102. The standard InChI is InChI=1S/C14H15N3O2S/c1-9-5-3-4-6-10(9)16-14(19)11-7-13(18)17-12(15-11)8-20-2/h3-7H,8H2,1-2H3,(H,16,19)(H,15,17,18). The van der Waals surface area contributed by atoms with Crippen molar-refractivity contribution in [3.05, 3.63) is 57.8 Å². The van der Waals surface area contributed by atoms with Gasteiger partial charge in [-0.1, -0.05) is 18.2 Å². The quantitative estimate of drug-likeness (QED) is 0.904. The summed E-state index contributed by atoms with van der Waals surface area (Å²) < 4.78 is 0. The zero-order valence-corrected chi connectivity index (χ0v) is 12.1. The molecule has 20 heavy (non-hydrogen) atoms. The van der Waals surface area contributed by atoms with Gasteiger partial charge in [0.1, 0.15) is 11.5 Å². The summed E-state index contributed by atoms with van der Waals surface area (Å²) in [6.45, 7) is 1.90. The van der Waals surface area contributed by atoms with E-state index in [1.165, 1.54) is 17.8 Å². The third-order valence-corrected chi connectivity index (χ3v) is 3.26. The molecule has 2 rings (SSSR count). The number of nitrogens with zero attached hydrogens (tertiary/aromatic N) is 1. The van der Waals surface area contributed by atoms with Crippen LogP contribution in [0.15, 0.2) is 35.1 Å². The minimum atomic E-state index is -0.382. The van der Waals surface area contributed by atoms with Crippen molar-refractivity contribution in [2.75, 3.05) is 11.6 Å². The van der Waals surface area contributed by atoms with Crippen LogP contribution in [-0.2, 0) is 5.75 Å². The van der Waals surface area contributed by atoms with Crippen molar-refractivity contribution in [2.45, 2.75) is 12.7 Å². The second-order valence-electron chi connectivity index (χ2n) is 4.28. The number of nitrogens with one attached hydrogen (secondary N) is 2. The Balaban J connectivity index is 2.25. The van der Waals surface area contributed by atoms with Crippen molar-refractivity contribution >= 4 is 23.4 Å². The first-order valence-electron chi connectivity index (χ1n) is 6.06. The molecule has 0 aliphatic rings. The number of aromatic amines is 1. The molecule has 6 heteroatoms. The fourth-order valence-corrected chi connectivity index (χ4v) is 2.14. The van der Waals surface area contributed by atoms with E-state index in [2.05, 4.69) is 15.3 Å². The van der Waals surface area contributed by atoms with Crippen LogP contribution in [0, 0.1) is 6.92 Å². The number of carbonyl (C=O) groups excluding carboxylic acids is 1. The van der Waals surface area contributed by atoms with Gasteiger partial charge in [0.15, 0.2) is 0 Å². The van der Waals surface area contributed by atoms with E-state index < -0.39 is 0 Å². The molecule has 0 saturated heterocycles. The number of rotatable bonds is 4. The normalized spacial score (nSPS) is 10.3. The number of hydrogen-bond donors (Lipinski definition) is 2. The molecular weight excluding hydrogens is 274 g/mol. The molecule has 0 saturated carbocycles. The highest BCUT2D eigenvalue weighted by molar-refractivity contribution is 7.97. The van der Waals surface area contributed by atoms with E-state index in [9.17, 15) is 9.59 Å². The lowest BCUT2D eigenvalue weighted by Gasteiger charge is -2.08. The SMILES string of the molecule is CSCc1nc(C(=O)Nc2ccccc2C)cc(=O)[nH]1. The molecule has 0 aliphatic carbocycles. The van der Waals surface area contributed by atoms with Gasteiger partial charge in [-0.3, -0.25) is 9.59 Å². The summed E-state index contributed by atoms with van der Waals surface area (Å²) in [5.41, 5.74) is 1.47. The van der Waals surface area contributed by atoms with Gasteiger partial charge in [-0.15, -0.1) is 0 Å². The predicted octanol–water partition coefficient (Wildman–Crippen LogP) is 2.19. The predicted molar refractivity (Wildman–Crippen MR) is 81.2 cm³/mol. The van der Waals surface area contributed by atoms with E-state index >= 15 is 0 Å². The largest absolute Gasteiger partial charge is 0.320 e. The second-order valence-corrected chi connectivity index (χ2v) is 5.15. The Bertz CT molecular complexity index is 682. The van der Waals surface area contributed by atoms with Crippen molar-refractivity contribution in [2.24, 2.45) is 0 Å². The number of amides is 1. The first-order valence-corrected chi connectivity index (χ1v) is 7.45. The molecule has 1 heterocycles. The highest BCUT2D eigenvalue weighted by atomic mass is 32.2. The summed E-state index contributed by atoms with van der Waals surface area (Å²) in [6, 6.07) is 8.65. The van der Waals surface area contributed by atoms with Crippen molar-refractivity contribution in [1.82, 2.24) is 9.97 Å². The van der Waals surface area contributed by atoms with E-state index in [1.54, 1.807) is 0 Å². The minimum Gasteiger partial charge on any atom is -0.320 e. The van der Waals surface area contributed by atoms with Gasteiger partial charge in [0.05, 0.1) is 5.75 Å². The number of para-hydroxylation sites is 1. The molecular formula is C14H15N3O2S. The van der Waals surface area contributed by atoms with Crippen LogP contribution < -0.4 is 10.9 Å². The minimum absolute atomic E-state index is 0.126. The lowest BCUT2D eigenvalue weighted by atomic mass is 10.2. The third kappa shape index (κ3) is 3.48. The Kier molecular flexibility index (Phi) is 4.57. The van der Waals surface area contributed by atoms with Gasteiger partial charge in [-0.2, -0.15) is 11.8 Å². The van der Waals surface area contributed by atoms with Gasteiger partial charge in [0.25, 0.3) is 11.5 Å². The average Bonchev–Trinajstić information content (AvgIpc) is 2.41. The van der Waals surface area contributed by atoms with Crippen molar-refractivity contribution < 1.29 is 4.79 Å². The maximum atomic E-state index is 12.1. The number of benzene rings is 1. The van der Waals surface area contributed by atoms with E-state index in [0.717, 1.165) is 5.56 Å². The lowest BCUT2D eigenvalue weighted by Crippen LogP contribution is -2.20. The summed E-state index contributed by atoms with van der Waals surface area (Å²) in [5, 5.41) is 2.76. The van der Waals surface area contributed by atoms with Gasteiger partial charge in [-0.05, 0) is 24.8 Å². The van der Waals surface area contributed by atoms with Gasteiger partial charge in [-0.25, -0.2) is 4.98 Å². The number of aryl methyl sites for hydroxylation is 1. The van der Waals surface area contributed by atoms with Gasteiger partial charge >= 0.3 is 0 Å². The average molecular weight is 289 g/mol. The number of aromatic nitrogens is 2. The Labute approximate surface area is 120 Å². The zero-order chi connectivity index (χ0) is 14.5. The fourth-order valence-electron chi connectivity index (χ4n) is 1.73. The third-order valence-electron chi connectivity index (χ3n) is 2.70. The number of thioether (sulfide) groups is 1. The van der Waals surface area contributed by atoms with Crippen LogP contribution in [0.1, 0.15) is 21.9 Å². The summed E-state index contributed by atoms with van der Waals surface area (Å²) >= 11 is 1.53. The number of H-pyrrole nitrogens is 1. The van der Waals surface area contributed by atoms with Crippen LogP contribution in [0.5, 0.6) is 0 Å². The molecule has 0 fully saturated rings. The Morgan fingerprint density at radius 2 is 2.15 bits per heavy atom. The number of carbonyl (C=O) groups is 1. The Morgan fingerprint density at radius 1 is 1.40 bits per heavy atom. The Hall–Kier alpha value is -2.08. The van der Waals surface area contributed by atoms with Crippen LogP contribution in [0.4, 0.5) is 5.69 Å². The smallest absolute Gasteiger partial charge is 0.274 e. The maximum Gasteiger partial charge on any atom is 0.274 e. The van der Waals surface area contributed by atoms with Gasteiger partial charge < -0.3 is 10.3 Å². The van der Waals surface area contributed by atoms with Crippen LogP contribution in [0.3, 0.4) is 0 Å². The first-order chi connectivity index (χ1) is 9.60. The molecule has 2 aromatic rings. The van der Waals surface area contributed by atoms with Gasteiger partial charge in [0.2, 0.25) is 0 Å². The summed E-state index contributed by atoms with van der Waals surface area (Å²) in [7, 11) is 0. The molecule has 1 aromatic heterocycles. The molecule has 0 bridgehead atoms. The number of hydrogen-bond acceptors (Lipinski definition) is 4. The molecule has 2 N–H and O–H groups in total. The highest BCUT2D eigenvalue weighted by Gasteiger charge is 2.11. The second kappa shape index (κ2) is 6.38.